The van der Waals surface area contributed by atoms with Crippen LogP contribution in [0.1, 0.15) is 26.7 Å². The first-order valence-electron chi connectivity index (χ1n) is 7.24. The van der Waals surface area contributed by atoms with Gasteiger partial charge in [-0.05, 0) is 32.8 Å². The topological polar surface area (TPSA) is 79.6 Å². The van der Waals surface area contributed by atoms with Gasteiger partial charge in [0.1, 0.15) is 17.9 Å². The maximum atomic E-state index is 12.6. The normalized spacial score (nSPS) is 17.8. The van der Waals surface area contributed by atoms with Gasteiger partial charge in [-0.15, -0.1) is 0 Å². The van der Waals surface area contributed by atoms with E-state index in [9.17, 15) is 14.9 Å². The minimum atomic E-state index is -0.445. The van der Waals surface area contributed by atoms with Gasteiger partial charge >= 0.3 is 5.69 Å². The van der Waals surface area contributed by atoms with E-state index in [1.807, 2.05) is 18.7 Å². The molecule has 1 fully saturated rings. The molecule has 21 heavy (non-hydrogen) atoms. The van der Waals surface area contributed by atoms with E-state index in [-0.39, 0.29) is 17.6 Å². The van der Waals surface area contributed by atoms with E-state index in [0.29, 0.717) is 25.3 Å². The van der Waals surface area contributed by atoms with Crippen LogP contribution in [0.4, 0.5) is 11.4 Å². The molecule has 0 aliphatic carbocycles. The average molecular weight is 292 g/mol. The predicted molar refractivity (Wildman–Crippen MR) is 79.2 cm³/mol. The molecular formula is C14H20N4O3. The molecule has 1 saturated heterocycles. The van der Waals surface area contributed by atoms with Gasteiger partial charge in [-0.2, -0.15) is 0 Å². The zero-order chi connectivity index (χ0) is 15.4. The molecule has 1 amide bonds. The number of nitrogens with zero attached hydrogens (tertiary/aromatic N) is 4. The lowest BCUT2D eigenvalue weighted by Gasteiger charge is -2.30. The molecule has 0 spiro atoms. The molecule has 1 aromatic rings. The van der Waals surface area contributed by atoms with Gasteiger partial charge in [0.15, 0.2) is 0 Å². The minimum Gasteiger partial charge on any atom is -0.354 e. The smallest absolute Gasteiger partial charge is 0.310 e. The van der Waals surface area contributed by atoms with E-state index in [1.165, 1.54) is 12.4 Å². The summed E-state index contributed by atoms with van der Waals surface area (Å²) in [6.07, 6.45) is 4.36. The summed E-state index contributed by atoms with van der Waals surface area (Å²) in [5.74, 6) is 0.0450. The molecule has 7 nitrogen and oxygen atoms in total. The van der Waals surface area contributed by atoms with Crippen LogP contribution in [0.25, 0.3) is 0 Å². The fourth-order valence-electron chi connectivity index (χ4n) is 2.82. The lowest BCUT2D eigenvalue weighted by molar-refractivity contribution is -0.384. The number of amides is 1. The monoisotopic (exact) mass is 292 g/mol. The number of hydrogen-bond acceptors (Lipinski definition) is 5. The van der Waals surface area contributed by atoms with Crippen molar-refractivity contribution in [3.63, 3.8) is 0 Å². The molecule has 0 N–H and O–H groups in total. The van der Waals surface area contributed by atoms with Gasteiger partial charge in [0.25, 0.3) is 0 Å². The highest BCUT2D eigenvalue weighted by molar-refractivity contribution is 5.87. The number of nitro groups is 1. The molecule has 2 rings (SSSR count). The van der Waals surface area contributed by atoms with Crippen molar-refractivity contribution < 1.29 is 9.72 Å². The van der Waals surface area contributed by atoms with Gasteiger partial charge in [-0.1, -0.05) is 0 Å². The SMILES string of the molecule is CCN(CC)C(=O)C1CCCN1c1ccncc1[N+](=O)[O-]. The van der Waals surface area contributed by atoms with E-state index < -0.39 is 4.92 Å². The molecular weight excluding hydrogens is 272 g/mol. The Balaban J connectivity index is 2.31. The Morgan fingerprint density at radius 3 is 2.86 bits per heavy atom. The molecule has 0 bridgehead atoms. The largest absolute Gasteiger partial charge is 0.354 e. The highest BCUT2D eigenvalue weighted by Crippen LogP contribution is 2.33. The summed E-state index contributed by atoms with van der Waals surface area (Å²) in [5, 5.41) is 11.1. The first-order chi connectivity index (χ1) is 10.1. The predicted octanol–water partition coefficient (Wildman–Crippen LogP) is 1.83. The highest BCUT2D eigenvalue weighted by Gasteiger charge is 2.35. The van der Waals surface area contributed by atoms with Crippen LogP contribution in [-0.4, -0.2) is 46.4 Å². The molecule has 1 aromatic heterocycles. The second-order valence-corrected chi connectivity index (χ2v) is 4.98. The van der Waals surface area contributed by atoms with Crippen molar-refractivity contribution in [2.75, 3.05) is 24.5 Å². The number of aromatic nitrogens is 1. The van der Waals surface area contributed by atoms with Gasteiger partial charge in [0.2, 0.25) is 5.91 Å². The third kappa shape index (κ3) is 2.96. The zero-order valence-corrected chi connectivity index (χ0v) is 12.4. The summed E-state index contributed by atoms with van der Waals surface area (Å²) >= 11 is 0. The molecule has 0 radical (unpaired) electrons. The molecule has 1 aliphatic rings. The molecule has 1 aliphatic heterocycles. The van der Waals surface area contributed by atoms with Crippen LogP contribution in [0, 0.1) is 10.1 Å². The van der Waals surface area contributed by atoms with E-state index >= 15 is 0 Å². The Labute approximate surface area is 123 Å². The molecule has 1 atom stereocenters. The second-order valence-electron chi connectivity index (χ2n) is 4.98. The van der Waals surface area contributed by atoms with Crippen LogP contribution in [0.5, 0.6) is 0 Å². The van der Waals surface area contributed by atoms with Crippen LogP contribution in [0.3, 0.4) is 0 Å². The van der Waals surface area contributed by atoms with Crippen LogP contribution < -0.4 is 4.90 Å². The number of anilines is 1. The van der Waals surface area contributed by atoms with Gasteiger partial charge in [-0.25, -0.2) is 0 Å². The fraction of sp³-hybridized carbons (Fsp3) is 0.571. The summed E-state index contributed by atoms with van der Waals surface area (Å²) in [7, 11) is 0. The molecule has 1 unspecified atom stereocenters. The van der Waals surface area contributed by atoms with E-state index in [0.717, 1.165) is 12.8 Å². The Bertz CT molecular complexity index is 531. The number of carbonyl (C=O) groups excluding carboxylic acids is 1. The molecule has 0 aromatic carbocycles. The van der Waals surface area contributed by atoms with Crippen molar-refractivity contribution in [1.82, 2.24) is 9.88 Å². The van der Waals surface area contributed by atoms with Crippen LogP contribution in [0.15, 0.2) is 18.5 Å². The van der Waals surface area contributed by atoms with Crippen molar-refractivity contribution in [2.24, 2.45) is 0 Å². The number of pyridine rings is 1. The Kier molecular flexibility index (Phi) is 4.72. The Hall–Kier alpha value is -2.18. The lowest BCUT2D eigenvalue weighted by atomic mass is 10.1. The average Bonchev–Trinajstić information content (AvgIpc) is 2.97. The molecule has 7 heteroatoms. The standard InChI is InChI=1S/C14H20N4O3/c1-3-16(4-2)14(19)12-6-5-9-17(12)11-7-8-15-10-13(11)18(20)21/h7-8,10,12H,3-6,9H2,1-2H3. The van der Waals surface area contributed by atoms with Crippen LogP contribution >= 0.6 is 0 Å². The van der Waals surface area contributed by atoms with Gasteiger partial charge in [0.05, 0.1) is 4.92 Å². The molecule has 114 valence electrons. The summed E-state index contributed by atoms with van der Waals surface area (Å²) < 4.78 is 0. The second kappa shape index (κ2) is 6.51. The zero-order valence-electron chi connectivity index (χ0n) is 12.4. The lowest BCUT2D eigenvalue weighted by Crippen LogP contribution is -2.45. The summed E-state index contributed by atoms with van der Waals surface area (Å²) in [6.45, 7) is 5.84. The first kappa shape index (κ1) is 15.2. The van der Waals surface area contributed by atoms with Gasteiger partial charge < -0.3 is 9.80 Å². The van der Waals surface area contributed by atoms with E-state index in [4.69, 9.17) is 0 Å². The third-order valence-corrected chi connectivity index (χ3v) is 3.90. The Morgan fingerprint density at radius 2 is 2.24 bits per heavy atom. The number of hydrogen-bond donors (Lipinski definition) is 0. The van der Waals surface area contributed by atoms with Crippen molar-refractivity contribution in [3.8, 4) is 0 Å². The maximum absolute atomic E-state index is 12.6. The van der Waals surface area contributed by atoms with Crippen LogP contribution in [0.2, 0.25) is 0 Å². The fourth-order valence-corrected chi connectivity index (χ4v) is 2.82. The van der Waals surface area contributed by atoms with Crippen molar-refractivity contribution in [2.45, 2.75) is 32.7 Å². The minimum absolute atomic E-state index is 0.0447. The molecule has 0 saturated carbocycles. The number of likely N-dealkylation sites (N-methyl/N-ethyl adjacent to an activating group) is 1. The van der Waals surface area contributed by atoms with Crippen molar-refractivity contribution in [3.05, 3.63) is 28.6 Å². The van der Waals surface area contributed by atoms with E-state index in [1.54, 1.807) is 11.0 Å². The number of carbonyl (C=O) groups is 1. The number of rotatable bonds is 5. The van der Waals surface area contributed by atoms with Crippen molar-refractivity contribution >= 4 is 17.3 Å². The summed E-state index contributed by atoms with van der Waals surface area (Å²) in [6, 6.07) is 1.30. The molecule has 2 heterocycles. The summed E-state index contributed by atoms with van der Waals surface area (Å²) in [4.78, 5) is 30.7. The maximum Gasteiger partial charge on any atom is 0.310 e. The van der Waals surface area contributed by atoms with Gasteiger partial charge in [0, 0.05) is 25.8 Å². The third-order valence-electron chi connectivity index (χ3n) is 3.90. The quantitative estimate of drug-likeness (QED) is 0.611. The van der Waals surface area contributed by atoms with Crippen LogP contribution in [-0.2, 0) is 4.79 Å². The summed E-state index contributed by atoms with van der Waals surface area (Å²) in [5.41, 5.74) is 0.440. The van der Waals surface area contributed by atoms with Gasteiger partial charge in [-0.3, -0.25) is 19.9 Å². The Morgan fingerprint density at radius 1 is 1.52 bits per heavy atom. The highest BCUT2D eigenvalue weighted by atomic mass is 16.6. The van der Waals surface area contributed by atoms with Crippen molar-refractivity contribution in [1.29, 1.82) is 0 Å². The van der Waals surface area contributed by atoms with E-state index in [2.05, 4.69) is 4.98 Å². The first-order valence-corrected chi connectivity index (χ1v) is 7.24.